The zero-order valence-corrected chi connectivity index (χ0v) is 20.8. The van der Waals surface area contributed by atoms with Gasteiger partial charge in [-0.15, -0.1) is 5.11 Å². The molecule has 0 fully saturated rings. The molecule has 4 aromatic rings. The summed E-state index contributed by atoms with van der Waals surface area (Å²) in [5, 5.41) is 21.7. The Hall–Kier alpha value is -3.28. The van der Waals surface area contributed by atoms with E-state index in [2.05, 4.69) is 15.5 Å². The number of benzene rings is 4. The summed E-state index contributed by atoms with van der Waals surface area (Å²) in [5.41, 5.74) is 6.85. The maximum atomic E-state index is 12.5. The summed E-state index contributed by atoms with van der Waals surface area (Å²) in [5.74, 6) is -0.900. The molecule has 0 saturated carbocycles. The van der Waals surface area contributed by atoms with Crippen molar-refractivity contribution in [2.45, 2.75) is 4.90 Å². The van der Waals surface area contributed by atoms with Crippen LogP contribution in [0.2, 0.25) is 0 Å². The number of carbonyl (C=O) groups is 1. The zero-order chi connectivity index (χ0) is 23.6. The number of nitrogens with two attached hydrogens (primary N) is 1. The van der Waals surface area contributed by atoms with Crippen LogP contribution in [-0.4, -0.2) is 53.5 Å². The van der Waals surface area contributed by atoms with Crippen LogP contribution in [0.25, 0.3) is 10.8 Å². The van der Waals surface area contributed by atoms with E-state index in [0.717, 1.165) is 6.07 Å². The number of aromatic hydroxyl groups is 1. The maximum absolute atomic E-state index is 12.5. The van der Waals surface area contributed by atoms with Crippen LogP contribution < -0.4 is 11.1 Å². The van der Waals surface area contributed by atoms with Crippen LogP contribution in [0.3, 0.4) is 0 Å². The molecule has 0 unspecified atom stereocenters. The SMILES string of the molecule is Nc1cccc(C(=O)Nc2ccc3c(O)c(N=Nc4ccccc4)c(S(=O)(=O)O)cc3c2)c1.[Na]. The number of phenols is 1. The molecule has 0 atom stereocenters. The molecule has 4 rings (SSSR count). The first-order valence-corrected chi connectivity index (χ1v) is 11.1. The summed E-state index contributed by atoms with van der Waals surface area (Å²) in [6.07, 6.45) is 0. The van der Waals surface area contributed by atoms with Crippen LogP contribution in [0, 0.1) is 0 Å². The predicted octanol–water partition coefficient (Wildman–Crippen LogP) is 4.66. The van der Waals surface area contributed by atoms with Crippen LogP contribution in [0.4, 0.5) is 22.7 Å². The summed E-state index contributed by atoms with van der Waals surface area (Å²) in [6, 6.07) is 20.6. The number of fused-ring (bicyclic) bond motifs is 1. The van der Waals surface area contributed by atoms with Crippen molar-refractivity contribution in [3.63, 3.8) is 0 Å². The van der Waals surface area contributed by atoms with Crippen molar-refractivity contribution in [2.75, 3.05) is 11.1 Å². The molecule has 0 aromatic heterocycles. The van der Waals surface area contributed by atoms with Crippen molar-refractivity contribution in [3.05, 3.63) is 84.4 Å². The molecule has 1 radical (unpaired) electrons. The van der Waals surface area contributed by atoms with Crippen LogP contribution in [0.1, 0.15) is 10.4 Å². The van der Waals surface area contributed by atoms with E-state index in [4.69, 9.17) is 5.73 Å². The van der Waals surface area contributed by atoms with Gasteiger partial charge in [0.1, 0.15) is 10.6 Å². The Kier molecular flexibility index (Phi) is 7.70. The van der Waals surface area contributed by atoms with Crippen molar-refractivity contribution in [2.24, 2.45) is 10.2 Å². The van der Waals surface area contributed by atoms with Gasteiger partial charge in [-0.25, -0.2) is 0 Å². The van der Waals surface area contributed by atoms with Crippen LogP contribution in [-0.2, 0) is 10.1 Å². The van der Waals surface area contributed by atoms with E-state index in [1.807, 2.05) is 0 Å². The Morgan fingerprint density at radius 1 is 0.912 bits per heavy atom. The maximum Gasteiger partial charge on any atom is 0.296 e. The Morgan fingerprint density at radius 3 is 2.32 bits per heavy atom. The zero-order valence-electron chi connectivity index (χ0n) is 18.0. The first-order valence-electron chi connectivity index (χ1n) is 9.63. The van der Waals surface area contributed by atoms with Gasteiger partial charge in [-0.05, 0) is 60.0 Å². The Morgan fingerprint density at radius 2 is 1.65 bits per heavy atom. The standard InChI is InChI=1S/C23H18N4O5S.Na/c24-16-6-4-5-14(11-16)23(29)25-18-9-10-19-15(12-18)13-20(33(30,31)32)21(22(19)28)27-26-17-7-2-1-3-8-17;/h1-13,28H,24H2,(H,25,29)(H,30,31,32);. The van der Waals surface area contributed by atoms with Crippen LogP contribution >= 0.6 is 0 Å². The molecule has 0 aliphatic carbocycles. The second-order valence-electron chi connectivity index (χ2n) is 7.10. The van der Waals surface area contributed by atoms with Crippen LogP contribution in [0.15, 0.2) is 94.0 Å². The number of rotatable bonds is 5. The monoisotopic (exact) mass is 485 g/mol. The Bertz CT molecular complexity index is 1510. The summed E-state index contributed by atoms with van der Waals surface area (Å²) >= 11 is 0. The first-order chi connectivity index (χ1) is 15.7. The van der Waals surface area contributed by atoms with Gasteiger partial charge in [-0.2, -0.15) is 13.5 Å². The van der Waals surface area contributed by atoms with E-state index in [-0.39, 0.29) is 40.3 Å². The number of phenolic OH excluding ortho intramolecular Hbond substituents is 1. The average molecular weight is 485 g/mol. The second kappa shape index (κ2) is 10.3. The molecule has 0 saturated heterocycles. The summed E-state index contributed by atoms with van der Waals surface area (Å²) in [7, 11) is -4.75. The minimum absolute atomic E-state index is 0. The third kappa shape index (κ3) is 5.61. The van der Waals surface area contributed by atoms with Gasteiger partial charge in [-0.3, -0.25) is 9.35 Å². The molecule has 0 heterocycles. The Labute approximate surface area is 217 Å². The second-order valence-corrected chi connectivity index (χ2v) is 8.49. The van der Waals surface area contributed by atoms with Crippen LogP contribution in [0.5, 0.6) is 5.75 Å². The molecule has 0 aliphatic rings. The molecule has 4 aromatic carbocycles. The van der Waals surface area contributed by atoms with Gasteiger partial charge in [0.05, 0.1) is 5.69 Å². The molecule has 0 spiro atoms. The molecule has 0 aliphatic heterocycles. The van der Waals surface area contributed by atoms with Crippen molar-refractivity contribution in [1.82, 2.24) is 0 Å². The molecule has 9 nitrogen and oxygen atoms in total. The van der Waals surface area contributed by atoms with Gasteiger partial charge in [0, 0.05) is 51.9 Å². The largest absolute Gasteiger partial charge is 0.505 e. The molecule has 1 amide bonds. The number of azo groups is 1. The van der Waals surface area contributed by atoms with E-state index in [1.54, 1.807) is 48.5 Å². The van der Waals surface area contributed by atoms with E-state index < -0.39 is 32.4 Å². The molecule has 167 valence electrons. The van der Waals surface area contributed by atoms with Gasteiger partial charge in [0.15, 0.2) is 5.75 Å². The topological polar surface area (TPSA) is 154 Å². The number of nitrogens with one attached hydrogen (secondary N) is 1. The normalized spacial score (nSPS) is 11.3. The molecule has 5 N–H and O–H groups in total. The molecule has 11 heteroatoms. The van der Waals surface area contributed by atoms with Gasteiger partial charge in [-0.1, -0.05) is 24.3 Å². The van der Waals surface area contributed by atoms with Gasteiger partial charge in [0.2, 0.25) is 0 Å². The van der Waals surface area contributed by atoms with Crippen molar-refractivity contribution < 1.29 is 22.9 Å². The van der Waals surface area contributed by atoms with E-state index in [9.17, 15) is 22.9 Å². The summed E-state index contributed by atoms with van der Waals surface area (Å²) < 4.78 is 33.7. The summed E-state index contributed by atoms with van der Waals surface area (Å²) in [6.45, 7) is 0. The first kappa shape index (κ1) is 25.3. The van der Waals surface area contributed by atoms with Crippen molar-refractivity contribution in [3.8, 4) is 5.75 Å². The predicted molar refractivity (Wildman–Crippen MR) is 131 cm³/mol. The quantitative estimate of drug-likeness (QED) is 0.139. The third-order valence-electron chi connectivity index (χ3n) is 4.76. The molecular formula is C23H18N4NaO5S. The average Bonchev–Trinajstić information content (AvgIpc) is 2.78. The fourth-order valence-electron chi connectivity index (χ4n) is 3.21. The molecule has 0 bridgehead atoms. The number of carbonyl (C=O) groups excluding carboxylic acids is 1. The van der Waals surface area contributed by atoms with Gasteiger partial charge in [0.25, 0.3) is 16.0 Å². The number of anilines is 2. The van der Waals surface area contributed by atoms with E-state index >= 15 is 0 Å². The minimum atomic E-state index is -4.75. The number of amides is 1. The van der Waals surface area contributed by atoms with Gasteiger partial charge < -0.3 is 16.2 Å². The number of hydrogen-bond acceptors (Lipinski definition) is 7. The molecule has 34 heavy (non-hydrogen) atoms. The molecular weight excluding hydrogens is 467 g/mol. The van der Waals surface area contributed by atoms with Gasteiger partial charge >= 0.3 is 0 Å². The van der Waals surface area contributed by atoms with E-state index in [1.165, 1.54) is 24.3 Å². The summed E-state index contributed by atoms with van der Waals surface area (Å²) in [4.78, 5) is 11.9. The number of nitrogen functional groups attached to an aromatic ring is 1. The number of hydrogen-bond donors (Lipinski definition) is 4. The van der Waals surface area contributed by atoms with Crippen molar-refractivity contribution in [1.29, 1.82) is 0 Å². The minimum Gasteiger partial charge on any atom is -0.505 e. The fourth-order valence-corrected chi connectivity index (χ4v) is 3.87. The Balaban J connectivity index is 0.00000324. The fraction of sp³-hybridized carbons (Fsp3) is 0. The smallest absolute Gasteiger partial charge is 0.296 e. The van der Waals surface area contributed by atoms with Crippen molar-refractivity contribution >= 4 is 79.1 Å². The van der Waals surface area contributed by atoms with E-state index in [0.29, 0.717) is 22.6 Å². The third-order valence-corrected chi connectivity index (χ3v) is 5.62. The number of nitrogens with zero attached hydrogens (tertiary/aromatic N) is 2.